The van der Waals surface area contributed by atoms with Crippen LogP contribution in [0.2, 0.25) is 0 Å². The van der Waals surface area contributed by atoms with Crippen molar-refractivity contribution < 1.29 is 0 Å². The molecule has 1 heterocycles. The topological polar surface area (TPSA) is 65.2 Å². The Hall–Kier alpha value is -1.80. The molecule has 0 aliphatic carbocycles. The van der Waals surface area contributed by atoms with Crippen molar-refractivity contribution in [2.24, 2.45) is 5.18 Å². The molecule has 0 aromatic rings. The fourth-order valence-electron chi connectivity index (χ4n) is 1.59. The zero-order chi connectivity index (χ0) is 13.5. The van der Waals surface area contributed by atoms with Crippen LogP contribution in [0.15, 0.2) is 50.9 Å². The van der Waals surface area contributed by atoms with Gasteiger partial charge >= 0.3 is 0 Å². The molecule has 1 rings (SSSR count). The van der Waals surface area contributed by atoms with Crippen LogP contribution < -0.4 is 5.32 Å². The molecule has 94 valence electrons. The van der Waals surface area contributed by atoms with E-state index in [1.165, 1.54) is 0 Å². The Morgan fingerprint density at radius 2 is 2.33 bits per heavy atom. The highest BCUT2D eigenvalue weighted by Crippen LogP contribution is 2.31. The van der Waals surface area contributed by atoms with E-state index in [0.29, 0.717) is 0 Å². The average Bonchev–Trinajstić information content (AvgIpc) is 2.79. The van der Waals surface area contributed by atoms with Crippen molar-refractivity contribution in [1.29, 1.82) is 5.26 Å². The SMILES string of the molecule is C\C=C/C(C#N)=C(\C=C(/C)C1=C(C)NCS1)N=O. The minimum atomic E-state index is 0.167. The van der Waals surface area contributed by atoms with Crippen LogP contribution in [0.25, 0.3) is 0 Å². The Morgan fingerprint density at radius 1 is 1.61 bits per heavy atom. The first-order chi connectivity index (χ1) is 8.63. The number of nitroso groups, excluding NO2 is 1. The van der Waals surface area contributed by atoms with Crippen LogP contribution in [0.4, 0.5) is 0 Å². The molecule has 0 radical (unpaired) electrons. The summed E-state index contributed by atoms with van der Waals surface area (Å²) >= 11 is 1.68. The number of allylic oxidation sites excluding steroid dienone is 6. The van der Waals surface area contributed by atoms with Gasteiger partial charge in [-0.1, -0.05) is 6.08 Å². The molecular formula is C13H15N3OS. The van der Waals surface area contributed by atoms with Crippen LogP contribution in [0.5, 0.6) is 0 Å². The van der Waals surface area contributed by atoms with Crippen molar-refractivity contribution in [1.82, 2.24) is 5.32 Å². The Morgan fingerprint density at radius 3 is 2.78 bits per heavy atom. The maximum Gasteiger partial charge on any atom is 0.126 e. The first-order valence-electron chi connectivity index (χ1n) is 5.50. The lowest BCUT2D eigenvalue weighted by molar-refractivity contribution is 0.975. The lowest BCUT2D eigenvalue weighted by Crippen LogP contribution is -2.02. The van der Waals surface area contributed by atoms with E-state index in [0.717, 1.165) is 22.1 Å². The lowest BCUT2D eigenvalue weighted by Gasteiger charge is -2.02. The van der Waals surface area contributed by atoms with Gasteiger partial charge in [0.15, 0.2) is 0 Å². The van der Waals surface area contributed by atoms with Gasteiger partial charge in [0.2, 0.25) is 0 Å². The first kappa shape index (κ1) is 14.3. The average molecular weight is 261 g/mol. The van der Waals surface area contributed by atoms with Crippen LogP contribution in [-0.4, -0.2) is 5.88 Å². The predicted octanol–water partition coefficient (Wildman–Crippen LogP) is 3.58. The summed E-state index contributed by atoms with van der Waals surface area (Å²) in [6.07, 6.45) is 4.95. The van der Waals surface area contributed by atoms with Gasteiger partial charge in [0, 0.05) is 10.6 Å². The number of thioether (sulfide) groups is 1. The second-order valence-corrected chi connectivity index (χ2v) is 4.73. The highest BCUT2D eigenvalue weighted by Gasteiger charge is 2.13. The summed E-state index contributed by atoms with van der Waals surface area (Å²) in [6.45, 7) is 5.69. The number of hydrogen-bond donors (Lipinski definition) is 1. The number of nitriles is 1. The second kappa shape index (κ2) is 6.82. The van der Waals surface area contributed by atoms with Crippen LogP contribution in [0, 0.1) is 16.2 Å². The van der Waals surface area contributed by atoms with Gasteiger partial charge < -0.3 is 5.32 Å². The number of rotatable bonds is 4. The highest BCUT2D eigenvalue weighted by molar-refractivity contribution is 8.03. The molecule has 1 N–H and O–H groups in total. The molecule has 18 heavy (non-hydrogen) atoms. The third kappa shape index (κ3) is 3.34. The smallest absolute Gasteiger partial charge is 0.126 e. The van der Waals surface area contributed by atoms with E-state index < -0.39 is 0 Å². The summed E-state index contributed by atoms with van der Waals surface area (Å²) in [5.74, 6) is 0.833. The molecule has 0 aromatic heterocycles. The van der Waals surface area contributed by atoms with E-state index in [9.17, 15) is 4.91 Å². The highest BCUT2D eigenvalue weighted by atomic mass is 32.2. The van der Waals surface area contributed by atoms with Gasteiger partial charge in [0.1, 0.15) is 11.8 Å². The zero-order valence-corrected chi connectivity index (χ0v) is 11.5. The normalized spacial score (nSPS) is 17.6. The molecule has 0 spiro atoms. The zero-order valence-electron chi connectivity index (χ0n) is 10.7. The van der Waals surface area contributed by atoms with Crippen LogP contribution in [0.3, 0.4) is 0 Å². The minimum Gasteiger partial charge on any atom is -0.378 e. The third-order valence-electron chi connectivity index (χ3n) is 2.43. The van der Waals surface area contributed by atoms with Crippen LogP contribution in [-0.2, 0) is 0 Å². The van der Waals surface area contributed by atoms with Gasteiger partial charge in [-0.15, -0.1) is 16.7 Å². The lowest BCUT2D eigenvalue weighted by atomic mass is 10.1. The molecule has 1 aliphatic rings. The maximum absolute atomic E-state index is 10.8. The quantitative estimate of drug-likeness (QED) is 0.477. The van der Waals surface area contributed by atoms with E-state index in [2.05, 4.69) is 10.5 Å². The van der Waals surface area contributed by atoms with E-state index in [4.69, 9.17) is 5.26 Å². The van der Waals surface area contributed by atoms with Crippen LogP contribution >= 0.6 is 11.8 Å². The van der Waals surface area contributed by atoms with Crippen molar-refractivity contribution in [3.05, 3.63) is 50.6 Å². The molecule has 0 unspecified atom stereocenters. The molecule has 0 amide bonds. The monoisotopic (exact) mass is 261 g/mol. The first-order valence-corrected chi connectivity index (χ1v) is 6.49. The Labute approximate surface area is 111 Å². The van der Waals surface area contributed by atoms with E-state index in [1.807, 2.05) is 19.9 Å². The molecule has 5 heteroatoms. The van der Waals surface area contributed by atoms with Gasteiger partial charge in [-0.25, -0.2) is 0 Å². The Balaban J connectivity index is 3.17. The summed E-state index contributed by atoms with van der Waals surface area (Å²) in [7, 11) is 0. The molecule has 4 nitrogen and oxygen atoms in total. The van der Waals surface area contributed by atoms with Gasteiger partial charge in [-0.3, -0.25) is 0 Å². The van der Waals surface area contributed by atoms with E-state index in [-0.39, 0.29) is 11.3 Å². The molecule has 0 saturated heterocycles. The predicted molar refractivity (Wildman–Crippen MR) is 75.3 cm³/mol. The molecule has 0 aromatic carbocycles. The number of nitrogens with zero attached hydrogens (tertiary/aromatic N) is 2. The third-order valence-corrected chi connectivity index (χ3v) is 3.64. The van der Waals surface area contributed by atoms with Crippen molar-refractivity contribution >= 4 is 11.8 Å². The molecule has 0 bridgehead atoms. The maximum atomic E-state index is 10.8. The van der Waals surface area contributed by atoms with Crippen molar-refractivity contribution in [2.45, 2.75) is 20.8 Å². The summed E-state index contributed by atoms with van der Waals surface area (Å²) in [5.41, 5.74) is 2.47. The molecule has 0 fully saturated rings. The Kier molecular flexibility index (Phi) is 5.40. The van der Waals surface area contributed by atoms with Crippen molar-refractivity contribution in [3.8, 4) is 6.07 Å². The molecular weight excluding hydrogens is 246 g/mol. The fourth-order valence-corrected chi connectivity index (χ4v) is 2.59. The summed E-state index contributed by atoms with van der Waals surface area (Å²) in [6, 6.07) is 1.98. The number of nitrogens with one attached hydrogen (secondary N) is 1. The van der Waals surface area contributed by atoms with Gasteiger partial charge in [-0.05, 0) is 43.7 Å². The minimum absolute atomic E-state index is 0.167. The molecule has 0 atom stereocenters. The van der Waals surface area contributed by atoms with Gasteiger partial charge in [0.05, 0.1) is 11.4 Å². The van der Waals surface area contributed by atoms with Gasteiger partial charge in [-0.2, -0.15) is 5.26 Å². The van der Waals surface area contributed by atoms with Crippen molar-refractivity contribution in [3.63, 3.8) is 0 Å². The summed E-state index contributed by atoms with van der Waals surface area (Å²) in [4.78, 5) is 11.9. The second-order valence-electron chi connectivity index (χ2n) is 3.75. The number of hydrogen-bond acceptors (Lipinski definition) is 5. The summed E-state index contributed by atoms with van der Waals surface area (Å²) < 4.78 is 0. The largest absolute Gasteiger partial charge is 0.378 e. The van der Waals surface area contributed by atoms with E-state index in [1.54, 1.807) is 36.9 Å². The van der Waals surface area contributed by atoms with E-state index >= 15 is 0 Å². The Bertz CT molecular complexity index is 507. The molecule has 1 aliphatic heterocycles. The molecule has 0 saturated carbocycles. The fraction of sp³-hybridized carbons (Fsp3) is 0.308. The standard InChI is InChI=1S/C13H15N3OS/c1-4-5-11(7-14)12(16-17)6-9(2)13-10(3)15-8-18-13/h4-6,15H,8H2,1-3H3/b5-4-,9-6+,12-11-. The van der Waals surface area contributed by atoms with Crippen molar-refractivity contribution in [2.75, 3.05) is 5.88 Å². The van der Waals surface area contributed by atoms with Crippen LogP contribution in [0.1, 0.15) is 20.8 Å². The van der Waals surface area contributed by atoms with Gasteiger partial charge in [0.25, 0.3) is 0 Å². The summed E-state index contributed by atoms with van der Waals surface area (Å²) in [5, 5.41) is 15.1.